The zero-order valence-corrected chi connectivity index (χ0v) is 20.9. The van der Waals surface area contributed by atoms with Crippen molar-refractivity contribution in [3.63, 3.8) is 0 Å². The molecule has 202 valence electrons. The fourth-order valence-electron chi connectivity index (χ4n) is 2.64. The summed E-state index contributed by atoms with van der Waals surface area (Å²) in [6.45, 7) is 10.6. The SMILES string of the molecule is C=CCOCCOCCOCCOCCOCCOCCOCc1ccccc1CO/C(O)=C\[N+]#N. The van der Waals surface area contributed by atoms with Crippen LogP contribution in [0.3, 0.4) is 0 Å². The number of aliphatic hydroxyl groups is 1. The van der Waals surface area contributed by atoms with Gasteiger partial charge in [0.25, 0.3) is 0 Å². The molecular formula is C25H39N2O9+. The Morgan fingerprint density at radius 2 is 1.11 bits per heavy atom. The van der Waals surface area contributed by atoms with E-state index in [9.17, 15) is 5.11 Å². The van der Waals surface area contributed by atoms with Gasteiger partial charge in [-0.3, -0.25) is 0 Å². The molecule has 0 aromatic heterocycles. The first kappa shape index (κ1) is 31.5. The summed E-state index contributed by atoms with van der Waals surface area (Å²) < 4.78 is 43.1. The van der Waals surface area contributed by atoms with E-state index in [1.54, 1.807) is 6.08 Å². The third kappa shape index (κ3) is 18.7. The fourth-order valence-corrected chi connectivity index (χ4v) is 2.64. The van der Waals surface area contributed by atoms with Crippen LogP contribution in [0.25, 0.3) is 4.98 Å². The maximum absolute atomic E-state index is 9.36. The van der Waals surface area contributed by atoms with Gasteiger partial charge in [0.2, 0.25) is 5.39 Å². The second kappa shape index (κ2) is 24.1. The predicted octanol–water partition coefficient (Wildman–Crippen LogP) is 3.22. The highest BCUT2D eigenvalue weighted by atomic mass is 16.6. The molecule has 0 aliphatic rings. The first-order chi connectivity index (χ1) is 17.8. The molecule has 0 fully saturated rings. The van der Waals surface area contributed by atoms with Crippen molar-refractivity contribution < 1.29 is 43.0 Å². The maximum Gasteiger partial charge on any atom is 0.429 e. The van der Waals surface area contributed by atoms with Crippen molar-refractivity contribution in [2.75, 3.05) is 85.9 Å². The van der Waals surface area contributed by atoms with Crippen LogP contribution < -0.4 is 0 Å². The van der Waals surface area contributed by atoms with Gasteiger partial charge in [0, 0.05) is 0 Å². The van der Waals surface area contributed by atoms with Crippen LogP contribution in [0.1, 0.15) is 11.1 Å². The average molecular weight is 512 g/mol. The number of diazo groups is 1. The Kier molecular flexibility index (Phi) is 21.1. The van der Waals surface area contributed by atoms with E-state index >= 15 is 0 Å². The third-order valence-corrected chi connectivity index (χ3v) is 4.39. The molecule has 1 aromatic rings. The summed E-state index contributed by atoms with van der Waals surface area (Å²) >= 11 is 0. The van der Waals surface area contributed by atoms with Gasteiger partial charge in [0.05, 0.1) is 92.5 Å². The van der Waals surface area contributed by atoms with Gasteiger partial charge in [-0.25, -0.2) is 0 Å². The quantitative estimate of drug-likeness (QED) is 0.0906. The molecule has 0 bridgehead atoms. The van der Waals surface area contributed by atoms with Crippen LogP contribution in [0, 0.1) is 5.39 Å². The lowest BCUT2D eigenvalue weighted by Gasteiger charge is -2.11. The zero-order valence-electron chi connectivity index (χ0n) is 20.9. The van der Waals surface area contributed by atoms with Gasteiger partial charge >= 0.3 is 12.1 Å². The van der Waals surface area contributed by atoms with Gasteiger partial charge in [0.1, 0.15) is 6.61 Å². The van der Waals surface area contributed by atoms with Crippen molar-refractivity contribution >= 4 is 0 Å². The van der Waals surface area contributed by atoms with E-state index in [1.807, 2.05) is 24.3 Å². The van der Waals surface area contributed by atoms with E-state index in [2.05, 4.69) is 11.6 Å². The van der Waals surface area contributed by atoms with Crippen molar-refractivity contribution in [1.29, 1.82) is 5.39 Å². The molecule has 0 amide bonds. The van der Waals surface area contributed by atoms with Crippen molar-refractivity contribution in [3.05, 3.63) is 65.2 Å². The Bertz CT molecular complexity index is 740. The third-order valence-electron chi connectivity index (χ3n) is 4.39. The summed E-state index contributed by atoms with van der Waals surface area (Å²) in [7, 11) is 0. The molecule has 1 rings (SSSR count). The highest BCUT2D eigenvalue weighted by molar-refractivity contribution is 5.26. The first-order valence-corrected chi connectivity index (χ1v) is 11.9. The molecule has 11 nitrogen and oxygen atoms in total. The molecule has 0 saturated carbocycles. The van der Waals surface area contributed by atoms with E-state index < -0.39 is 5.95 Å². The zero-order chi connectivity index (χ0) is 25.9. The number of hydrogen-bond donors (Lipinski definition) is 1. The van der Waals surface area contributed by atoms with Crippen molar-refractivity contribution in [1.82, 2.24) is 0 Å². The second-order valence-corrected chi connectivity index (χ2v) is 7.12. The summed E-state index contributed by atoms with van der Waals surface area (Å²) in [4.78, 5) is 2.70. The van der Waals surface area contributed by atoms with Gasteiger partial charge in [-0.15, -0.1) is 6.58 Å². The lowest BCUT2D eigenvalue weighted by molar-refractivity contribution is -0.0205. The standard InChI is InChI=1S/C25H38N2O9/c1-2-7-29-8-9-30-10-11-31-12-13-32-14-15-33-16-17-34-18-19-35-21-23-5-3-4-6-24(23)22-36-25(28)20-27-26/h2-6,20H,1,7-19,21-22H2/p+1/b25-20-. The van der Waals surface area contributed by atoms with Gasteiger partial charge < -0.3 is 43.0 Å². The molecule has 0 aliphatic carbocycles. The molecule has 0 heterocycles. The Hall–Kier alpha value is -2.56. The Morgan fingerprint density at radius 3 is 1.56 bits per heavy atom. The van der Waals surface area contributed by atoms with Crippen LogP contribution in [0.2, 0.25) is 0 Å². The summed E-state index contributed by atoms with van der Waals surface area (Å²) in [5.74, 6) is -0.469. The number of nitrogens with zero attached hydrogens (tertiary/aromatic N) is 2. The van der Waals surface area contributed by atoms with Gasteiger partial charge in [-0.05, 0) is 11.1 Å². The molecule has 11 heteroatoms. The summed E-state index contributed by atoms with van der Waals surface area (Å²) in [6, 6.07) is 7.54. The maximum atomic E-state index is 9.36. The van der Waals surface area contributed by atoms with E-state index in [0.717, 1.165) is 17.3 Å². The van der Waals surface area contributed by atoms with Crippen LogP contribution >= 0.6 is 0 Å². The minimum absolute atomic E-state index is 0.129. The summed E-state index contributed by atoms with van der Waals surface area (Å²) in [6.07, 6.45) is 2.52. The monoisotopic (exact) mass is 511 g/mol. The number of hydrogen-bond acceptors (Lipinski definition) is 10. The summed E-state index contributed by atoms with van der Waals surface area (Å²) in [5.41, 5.74) is 1.78. The molecular weight excluding hydrogens is 472 g/mol. The van der Waals surface area contributed by atoms with Crippen LogP contribution in [0.15, 0.2) is 49.1 Å². The van der Waals surface area contributed by atoms with E-state index in [0.29, 0.717) is 92.5 Å². The second-order valence-electron chi connectivity index (χ2n) is 7.12. The molecule has 36 heavy (non-hydrogen) atoms. The fraction of sp³-hybridized carbons (Fsp3) is 0.600. The van der Waals surface area contributed by atoms with Crippen molar-refractivity contribution in [2.45, 2.75) is 13.2 Å². The van der Waals surface area contributed by atoms with Crippen LogP contribution in [0.4, 0.5) is 0 Å². The van der Waals surface area contributed by atoms with Crippen LogP contribution in [-0.4, -0.2) is 91.0 Å². The minimum Gasteiger partial charge on any atom is -0.476 e. The number of ether oxygens (including phenoxy) is 8. The van der Waals surface area contributed by atoms with Crippen LogP contribution in [-0.2, 0) is 51.1 Å². The molecule has 0 aliphatic heterocycles. The molecule has 0 unspecified atom stereocenters. The van der Waals surface area contributed by atoms with Crippen LogP contribution in [0.5, 0.6) is 0 Å². The smallest absolute Gasteiger partial charge is 0.429 e. The number of rotatable bonds is 25. The molecule has 0 spiro atoms. The lowest BCUT2D eigenvalue weighted by atomic mass is 10.1. The largest absolute Gasteiger partial charge is 0.476 e. The number of benzene rings is 1. The summed E-state index contributed by atoms with van der Waals surface area (Å²) in [5, 5.41) is 17.7. The molecule has 1 N–H and O–H groups in total. The number of aliphatic hydroxyl groups excluding tert-OH is 1. The minimum atomic E-state index is -0.469. The highest BCUT2D eigenvalue weighted by Crippen LogP contribution is 2.13. The van der Waals surface area contributed by atoms with Gasteiger partial charge in [-0.2, -0.15) is 0 Å². The Balaban J connectivity index is 1.86. The van der Waals surface area contributed by atoms with Crippen molar-refractivity contribution in [3.8, 4) is 0 Å². The first-order valence-electron chi connectivity index (χ1n) is 11.9. The lowest BCUT2D eigenvalue weighted by Crippen LogP contribution is -2.14. The van der Waals surface area contributed by atoms with Crippen molar-refractivity contribution in [2.24, 2.45) is 0 Å². The van der Waals surface area contributed by atoms with E-state index in [4.69, 9.17) is 43.3 Å². The average Bonchev–Trinajstić information content (AvgIpc) is 2.89. The highest BCUT2D eigenvalue weighted by Gasteiger charge is 2.06. The normalized spacial score (nSPS) is 11.4. The van der Waals surface area contributed by atoms with Gasteiger partial charge in [-0.1, -0.05) is 30.3 Å². The van der Waals surface area contributed by atoms with E-state index in [1.165, 1.54) is 0 Å². The molecule has 0 radical (unpaired) electrons. The molecule has 0 saturated heterocycles. The predicted molar refractivity (Wildman–Crippen MR) is 132 cm³/mol. The van der Waals surface area contributed by atoms with E-state index in [-0.39, 0.29) is 6.61 Å². The molecule has 1 aromatic carbocycles. The van der Waals surface area contributed by atoms with Gasteiger partial charge in [0.15, 0.2) is 4.98 Å². The Morgan fingerprint density at radius 1 is 0.694 bits per heavy atom. The topological polar surface area (TPSA) is 122 Å². The molecule has 0 atom stereocenters. The Labute approximate surface area is 213 Å².